The van der Waals surface area contributed by atoms with E-state index in [1.54, 1.807) is 0 Å². The lowest BCUT2D eigenvalue weighted by Gasteiger charge is -1.92. The van der Waals surface area contributed by atoms with Crippen molar-refractivity contribution in [1.82, 2.24) is 0 Å². The summed E-state index contributed by atoms with van der Waals surface area (Å²) in [6, 6.07) is 0. The maximum atomic E-state index is 9.96. The van der Waals surface area contributed by atoms with Gasteiger partial charge in [-0.1, -0.05) is 26.2 Å². The predicted molar refractivity (Wildman–Crippen MR) is 53.1 cm³/mol. The minimum absolute atomic E-state index is 0.278. The van der Waals surface area contributed by atoms with Crippen molar-refractivity contribution in [1.29, 1.82) is 0 Å². The Morgan fingerprint density at radius 2 is 1.57 bits per heavy atom. The van der Waals surface area contributed by atoms with Crippen molar-refractivity contribution in [2.75, 3.05) is 6.54 Å². The lowest BCUT2D eigenvalue weighted by molar-refractivity contribution is -0.137. The first-order valence-electron chi connectivity index (χ1n) is 4.68. The molecule has 0 aromatic carbocycles. The molecule has 0 saturated carbocycles. The molecular formula is C9H19NO4. The van der Waals surface area contributed by atoms with Crippen molar-refractivity contribution in [3.05, 3.63) is 0 Å². The van der Waals surface area contributed by atoms with Crippen molar-refractivity contribution in [2.45, 2.75) is 39.0 Å². The second-order valence-electron chi connectivity index (χ2n) is 2.80. The average molecular weight is 205 g/mol. The average Bonchev–Trinajstić information content (AvgIpc) is 2.13. The fraction of sp³-hybridized carbons (Fsp3) is 0.778. The van der Waals surface area contributed by atoms with Gasteiger partial charge in [-0.05, 0) is 6.42 Å². The number of carbonyl (C=O) groups is 2. The van der Waals surface area contributed by atoms with E-state index >= 15 is 0 Å². The summed E-state index contributed by atoms with van der Waals surface area (Å²) in [6.45, 7) is 1.83. The largest absolute Gasteiger partial charge is 0.481 e. The van der Waals surface area contributed by atoms with E-state index in [1.165, 1.54) is 6.42 Å². The summed E-state index contributed by atoms with van der Waals surface area (Å²) in [5.74, 6) is -1.64. The molecule has 0 unspecified atom stereocenters. The van der Waals surface area contributed by atoms with Crippen LogP contribution in [0.3, 0.4) is 0 Å². The number of aliphatic carboxylic acids is 2. The van der Waals surface area contributed by atoms with Crippen molar-refractivity contribution >= 4 is 11.9 Å². The molecule has 0 aromatic heterocycles. The van der Waals surface area contributed by atoms with Crippen LogP contribution in [0.5, 0.6) is 0 Å². The Morgan fingerprint density at radius 3 is 1.86 bits per heavy atom. The Labute approximate surface area is 83.9 Å². The minimum atomic E-state index is -0.968. The van der Waals surface area contributed by atoms with Crippen molar-refractivity contribution in [2.24, 2.45) is 5.73 Å². The summed E-state index contributed by atoms with van der Waals surface area (Å²) in [6.07, 6.45) is 4.55. The van der Waals surface area contributed by atoms with Crippen LogP contribution in [0.15, 0.2) is 0 Å². The number of rotatable bonds is 6. The SMILES string of the molecule is CCCCCCC(=O)O.NCC(=O)O. The van der Waals surface area contributed by atoms with E-state index in [0.29, 0.717) is 6.42 Å². The molecule has 0 bridgehead atoms. The molecule has 14 heavy (non-hydrogen) atoms. The first kappa shape index (κ1) is 15.4. The first-order valence-corrected chi connectivity index (χ1v) is 4.68. The molecule has 0 fully saturated rings. The predicted octanol–water partition coefficient (Wildman–Crippen LogP) is 1.07. The molecule has 0 spiro atoms. The topological polar surface area (TPSA) is 101 Å². The lowest BCUT2D eigenvalue weighted by atomic mass is 10.2. The van der Waals surface area contributed by atoms with E-state index in [0.717, 1.165) is 19.3 Å². The van der Waals surface area contributed by atoms with E-state index in [-0.39, 0.29) is 6.54 Å². The molecule has 84 valence electrons. The Kier molecular flexibility index (Phi) is 13.1. The maximum Gasteiger partial charge on any atom is 0.317 e. The Balaban J connectivity index is 0. The third kappa shape index (κ3) is 22.4. The number of hydrogen-bond acceptors (Lipinski definition) is 3. The van der Waals surface area contributed by atoms with Crippen molar-refractivity contribution < 1.29 is 19.8 Å². The van der Waals surface area contributed by atoms with Crippen molar-refractivity contribution in [3.8, 4) is 0 Å². The fourth-order valence-corrected chi connectivity index (χ4v) is 0.703. The van der Waals surface area contributed by atoms with Gasteiger partial charge in [0.15, 0.2) is 0 Å². The summed E-state index contributed by atoms with van der Waals surface area (Å²) in [4.78, 5) is 19.2. The van der Waals surface area contributed by atoms with E-state index in [4.69, 9.17) is 10.2 Å². The van der Waals surface area contributed by atoms with E-state index in [1.807, 2.05) is 0 Å². The quantitative estimate of drug-likeness (QED) is 0.563. The second kappa shape index (κ2) is 11.9. The molecule has 0 rings (SSSR count). The monoisotopic (exact) mass is 205 g/mol. The van der Waals surface area contributed by atoms with E-state index in [2.05, 4.69) is 12.7 Å². The normalized spacial score (nSPS) is 8.71. The van der Waals surface area contributed by atoms with E-state index < -0.39 is 11.9 Å². The van der Waals surface area contributed by atoms with Crippen LogP contribution in [0.2, 0.25) is 0 Å². The van der Waals surface area contributed by atoms with Crippen LogP contribution in [-0.4, -0.2) is 28.7 Å². The van der Waals surface area contributed by atoms with Crippen LogP contribution in [-0.2, 0) is 9.59 Å². The van der Waals surface area contributed by atoms with Crippen LogP contribution in [0.25, 0.3) is 0 Å². The second-order valence-corrected chi connectivity index (χ2v) is 2.80. The molecule has 0 saturated heterocycles. The number of carboxylic acid groups (broad SMARTS) is 2. The van der Waals surface area contributed by atoms with Gasteiger partial charge in [-0.2, -0.15) is 0 Å². The fourth-order valence-electron chi connectivity index (χ4n) is 0.703. The highest BCUT2D eigenvalue weighted by Crippen LogP contribution is 2.01. The Morgan fingerprint density at radius 1 is 1.07 bits per heavy atom. The summed E-state index contributed by atoms with van der Waals surface area (Å²) < 4.78 is 0. The van der Waals surface area contributed by atoms with Gasteiger partial charge in [0.25, 0.3) is 0 Å². The zero-order valence-electron chi connectivity index (χ0n) is 8.53. The third-order valence-electron chi connectivity index (χ3n) is 1.42. The Bertz CT molecular complexity index is 159. The molecule has 5 nitrogen and oxygen atoms in total. The summed E-state index contributed by atoms with van der Waals surface area (Å²) >= 11 is 0. The summed E-state index contributed by atoms with van der Waals surface area (Å²) in [5, 5.41) is 15.8. The van der Waals surface area contributed by atoms with Gasteiger partial charge in [-0.3, -0.25) is 9.59 Å². The van der Waals surface area contributed by atoms with Gasteiger partial charge < -0.3 is 15.9 Å². The highest BCUT2D eigenvalue weighted by molar-refractivity contribution is 5.68. The zero-order valence-corrected chi connectivity index (χ0v) is 8.53. The summed E-state index contributed by atoms with van der Waals surface area (Å²) in [5.41, 5.74) is 4.57. The van der Waals surface area contributed by atoms with Gasteiger partial charge in [0.05, 0.1) is 6.54 Å². The lowest BCUT2D eigenvalue weighted by Crippen LogP contribution is -2.10. The summed E-state index contributed by atoms with van der Waals surface area (Å²) in [7, 11) is 0. The van der Waals surface area contributed by atoms with Gasteiger partial charge in [0.1, 0.15) is 0 Å². The molecule has 0 aliphatic heterocycles. The minimum Gasteiger partial charge on any atom is -0.481 e. The van der Waals surface area contributed by atoms with Crippen LogP contribution >= 0.6 is 0 Å². The van der Waals surface area contributed by atoms with Crippen LogP contribution < -0.4 is 5.73 Å². The highest BCUT2D eigenvalue weighted by atomic mass is 16.4. The van der Waals surface area contributed by atoms with Crippen LogP contribution in [0, 0.1) is 0 Å². The standard InChI is InChI=1S/C7H14O2.C2H5NO2/c1-2-3-4-5-6-7(8)9;3-1-2(4)5/h2-6H2,1H3,(H,8,9);1,3H2,(H,4,5). The zero-order chi connectivity index (χ0) is 11.4. The van der Waals surface area contributed by atoms with Crippen LogP contribution in [0.1, 0.15) is 39.0 Å². The molecule has 0 amide bonds. The van der Waals surface area contributed by atoms with Gasteiger partial charge in [0, 0.05) is 6.42 Å². The van der Waals surface area contributed by atoms with Gasteiger partial charge in [-0.15, -0.1) is 0 Å². The Hall–Kier alpha value is -1.10. The van der Waals surface area contributed by atoms with E-state index in [9.17, 15) is 9.59 Å². The van der Waals surface area contributed by atoms with Gasteiger partial charge >= 0.3 is 11.9 Å². The third-order valence-corrected chi connectivity index (χ3v) is 1.42. The maximum absolute atomic E-state index is 9.96. The number of unbranched alkanes of at least 4 members (excludes halogenated alkanes) is 3. The first-order chi connectivity index (χ1) is 6.54. The smallest absolute Gasteiger partial charge is 0.317 e. The number of carboxylic acids is 2. The van der Waals surface area contributed by atoms with Crippen molar-refractivity contribution in [3.63, 3.8) is 0 Å². The molecule has 0 aromatic rings. The number of nitrogens with two attached hydrogens (primary N) is 1. The molecule has 0 atom stereocenters. The van der Waals surface area contributed by atoms with Crippen LogP contribution in [0.4, 0.5) is 0 Å². The highest BCUT2D eigenvalue weighted by Gasteiger charge is 1.93. The molecule has 0 aliphatic rings. The molecular weight excluding hydrogens is 186 g/mol. The molecule has 0 aliphatic carbocycles. The molecule has 0 heterocycles. The molecule has 5 heteroatoms. The van der Waals surface area contributed by atoms with Gasteiger partial charge in [0.2, 0.25) is 0 Å². The molecule has 4 N–H and O–H groups in total. The number of hydrogen-bond donors (Lipinski definition) is 3. The van der Waals surface area contributed by atoms with Gasteiger partial charge in [-0.25, -0.2) is 0 Å². The molecule has 0 radical (unpaired) electrons.